The van der Waals surface area contributed by atoms with E-state index < -0.39 is 0 Å². The standard InChI is InChI=1S/C74H62N4/c1-41-26-45(5)70(46(6)27-41)55-16-20-60-61-21-17-56(71-47(7)28-42(2)29-48(71)8)36-67(61)77(66(60)35-55)65-25-24-59(54-15-13-14-53(34-54)39-75)74(64(65)40-76)78-68-37-57(72-49(9)30-43(3)31-50(72)10)18-22-62(68)63-23-19-58(38-69(63)78)73-51(11)32-44(4)33-52(73)12/h13-38H,1-12H3. The fourth-order valence-electron chi connectivity index (χ4n) is 13.8. The molecule has 12 aromatic rings. The van der Waals surface area contributed by atoms with Crippen LogP contribution in [-0.2, 0) is 0 Å². The Bertz CT molecular complexity index is 4330. The second-order valence-corrected chi connectivity index (χ2v) is 22.4. The molecular weight excluding hydrogens is 945 g/mol. The van der Waals surface area contributed by atoms with E-state index in [1.807, 2.05) is 18.2 Å². The predicted molar refractivity (Wildman–Crippen MR) is 329 cm³/mol. The van der Waals surface area contributed by atoms with Crippen molar-refractivity contribution >= 4 is 43.6 Å². The van der Waals surface area contributed by atoms with Crippen molar-refractivity contribution in [3.63, 3.8) is 0 Å². The van der Waals surface area contributed by atoms with Gasteiger partial charge in [-0.25, -0.2) is 0 Å². The highest BCUT2D eigenvalue weighted by molar-refractivity contribution is 6.14. The van der Waals surface area contributed by atoms with E-state index in [1.54, 1.807) is 0 Å². The van der Waals surface area contributed by atoms with Crippen LogP contribution in [0.25, 0.3) is 111 Å². The van der Waals surface area contributed by atoms with Crippen LogP contribution in [0.15, 0.2) is 158 Å². The molecule has 12 rings (SSSR count). The lowest BCUT2D eigenvalue weighted by atomic mass is 9.92. The van der Waals surface area contributed by atoms with E-state index in [4.69, 9.17) is 0 Å². The van der Waals surface area contributed by atoms with E-state index in [9.17, 15) is 10.5 Å². The molecule has 78 heavy (non-hydrogen) atoms. The van der Waals surface area contributed by atoms with Crippen molar-refractivity contribution in [2.24, 2.45) is 0 Å². The number of rotatable bonds is 7. The summed E-state index contributed by atoms with van der Waals surface area (Å²) in [5, 5.41) is 27.2. The molecule has 2 aromatic heterocycles. The molecule has 4 heteroatoms. The minimum Gasteiger partial charge on any atom is -0.308 e. The van der Waals surface area contributed by atoms with Crippen LogP contribution in [0.4, 0.5) is 0 Å². The number of benzene rings is 10. The van der Waals surface area contributed by atoms with Gasteiger partial charge in [-0.05, 0) is 220 Å². The Hall–Kier alpha value is -9.22. The number of nitriles is 2. The molecule has 10 aromatic carbocycles. The van der Waals surface area contributed by atoms with Crippen LogP contribution in [0.1, 0.15) is 77.9 Å². The third-order valence-electron chi connectivity index (χ3n) is 16.4. The maximum absolute atomic E-state index is 12.4. The summed E-state index contributed by atoms with van der Waals surface area (Å²) < 4.78 is 4.73. The highest BCUT2D eigenvalue weighted by Crippen LogP contribution is 2.46. The van der Waals surface area contributed by atoms with Crippen LogP contribution in [0.3, 0.4) is 0 Å². The van der Waals surface area contributed by atoms with Crippen molar-refractivity contribution in [1.29, 1.82) is 10.5 Å². The molecular formula is C74H62N4. The molecule has 4 nitrogen and oxygen atoms in total. The van der Waals surface area contributed by atoms with Gasteiger partial charge < -0.3 is 9.13 Å². The first-order chi connectivity index (χ1) is 37.5. The van der Waals surface area contributed by atoms with Crippen LogP contribution in [0.2, 0.25) is 0 Å². The molecule has 0 atom stereocenters. The number of aromatic nitrogens is 2. The minimum atomic E-state index is 0.523. The second-order valence-electron chi connectivity index (χ2n) is 22.4. The summed E-state index contributed by atoms with van der Waals surface area (Å²) in [5.41, 5.74) is 32.3. The van der Waals surface area contributed by atoms with Crippen molar-refractivity contribution in [1.82, 2.24) is 9.13 Å². The quantitative estimate of drug-likeness (QED) is 0.160. The van der Waals surface area contributed by atoms with Gasteiger partial charge in [0.25, 0.3) is 0 Å². The van der Waals surface area contributed by atoms with Crippen molar-refractivity contribution < 1.29 is 0 Å². The van der Waals surface area contributed by atoms with Crippen LogP contribution in [0.5, 0.6) is 0 Å². The normalized spacial score (nSPS) is 11.6. The first-order valence-corrected chi connectivity index (χ1v) is 27.1. The Balaban J connectivity index is 1.26. The van der Waals surface area contributed by atoms with Gasteiger partial charge in [-0.3, -0.25) is 0 Å². The lowest BCUT2D eigenvalue weighted by molar-refractivity contribution is 1.12. The number of hydrogen-bond acceptors (Lipinski definition) is 2. The summed E-state index contributed by atoms with van der Waals surface area (Å²) >= 11 is 0. The fraction of sp³-hybridized carbons (Fsp3) is 0.162. The molecule has 0 saturated heterocycles. The average molecular weight is 1010 g/mol. The number of nitrogens with zero attached hydrogens (tertiary/aromatic N) is 4. The lowest BCUT2D eigenvalue weighted by Gasteiger charge is -2.21. The van der Waals surface area contributed by atoms with Gasteiger partial charge in [0.1, 0.15) is 11.6 Å². The molecule has 0 spiro atoms. The Morgan fingerprint density at radius 3 is 0.962 bits per heavy atom. The van der Waals surface area contributed by atoms with Crippen molar-refractivity contribution in [2.75, 3.05) is 0 Å². The summed E-state index contributed by atoms with van der Waals surface area (Å²) in [6, 6.07) is 63.1. The molecule has 378 valence electrons. The maximum atomic E-state index is 12.4. The van der Waals surface area contributed by atoms with Crippen LogP contribution in [-0.4, -0.2) is 9.13 Å². The topological polar surface area (TPSA) is 57.4 Å². The fourth-order valence-corrected chi connectivity index (χ4v) is 13.8. The molecule has 0 unspecified atom stereocenters. The van der Waals surface area contributed by atoms with Gasteiger partial charge in [0.15, 0.2) is 0 Å². The molecule has 2 heterocycles. The Morgan fingerprint density at radius 2 is 0.641 bits per heavy atom. The molecule has 0 aliphatic heterocycles. The Morgan fingerprint density at radius 1 is 0.308 bits per heavy atom. The highest BCUT2D eigenvalue weighted by Gasteiger charge is 2.27. The van der Waals surface area contributed by atoms with Gasteiger partial charge in [0, 0.05) is 27.1 Å². The van der Waals surface area contributed by atoms with E-state index in [0.29, 0.717) is 11.1 Å². The largest absolute Gasteiger partial charge is 0.308 e. The minimum absolute atomic E-state index is 0.523. The monoisotopic (exact) mass is 1010 g/mol. The molecule has 0 amide bonds. The molecule has 0 fully saturated rings. The van der Waals surface area contributed by atoms with Gasteiger partial charge in [0.05, 0.1) is 45.1 Å². The first kappa shape index (κ1) is 49.6. The van der Waals surface area contributed by atoms with Crippen LogP contribution in [0, 0.1) is 106 Å². The molecule has 0 radical (unpaired) electrons. The summed E-state index contributed by atoms with van der Waals surface area (Å²) in [5.74, 6) is 0. The van der Waals surface area contributed by atoms with Gasteiger partial charge in [-0.2, -0.15) is 10.5 Å². The second kappa shape index (κ2) is 18.8. The zero-order valence-corrected chi connectivity index (χ0v) is 46.8. The van der Waals surface area contributed by atoms with Crippen molar-refractivity contribution in [3.8, 4) is 79.1 Å². The lowest BCUT2D eigenvalue weighted by Crippen LogP contribution is -2.07. The summed E-state index contributed by atoms with van der Waals surface area (Å²) in [4.78, 5) is 0. The number of aryl methyl sites for hydroxylation is 12. The van der Waals surface area contributed by atoms with Gasteiger partial charge in [-0.1, -0.05) is 138 Å². The van der Waals surface area contributed by atoms with E-state index in [1.165, 1.54) is 89.0 Å². The Kier molecular flexibility index (Phi) is 12.0. The van der Waals surface area contributed by atoms with Crippen LogP contribution >= 0.6 is 0 Å². The van der Waals surface area contributed by atoms with Crippen molar-refractivity contribution in [3.05, 3.63) is 236 Å². The molecule has 0 aliphatic carbocycles. The van der Waals surface area contributed by atoms with E-state index in [-0.39, 0.29) is 0 Å². The predicted octanol–water partition coefficient (Wildman–Crippen LogP) is 19.7. The average Bonchev–Trinajstić information content (AvgIpc) is 3.89. The highest BCUT2D eigenvalue weighted by atomic mass is 15.0. The number of hydrogen-bond donors (Lipinski definition) is 0. The molecule has 0 N–H and O–H groups in total. The zero-order chi connectivity index (χ0) is 54.6. The maximum Gasteiger partial charge on any atom is 0.104 e. The van der Waals surface area contributed by atoms with Crippen LogP contribution < -0.4 is 0 Å². The summed E-state index contributed by atoms with van der Waals surface area (Å²) in [6.07, 6.45) is 0. The molecule has 0 aliphatic rings. The smallest absolute Gasteiger partial charge is 0.104 e. The zero-order valence-electron chi connectivity index (χ0n) is 46.8. The van der Waals surface area contributed by atoms with Gasteiger partial charge in [0.2, 0.25) is 0 Å². The SMILES string of the molecule is Cc1cc(C)c(-c2ccc3c4ccc(-c5c(C)cc(C)cc5C)cc4n(-c4ccc(-c5cccc(C#N)c5)c(-n5c6cc(-c7c(C)cc(C)cc7C)ccc6c6ccc(-c7c(C)cc(C)cc7C)cc65)c4C#N)c3c2)c(C)c1. The number of fused-ring (bicyclic) bond motifs is 6. The van der Waals surface area contributed by atoms with E-state index in [0.717, 1.165) is 88.4 Å². The van der Waals surface area contributed by atoms with E-state index >= 15 is 0 Å². The summed E-state index contributed by atoms with van der Waals surface area (Å²) in [6.45, 7) is 26.3. The van der Waals surface area contributed by atoms with E-state index in [2.05, 4.69) is 244 Å². The molecule has 0 saturated carbocycles. The Labute approximate surface area is 458 Å². The van der Waals surface area contributed by atoms with Crippen molar-refractivity contribution in [2.45, 2.75) is 83.1 Å². The third-order valence-corrected chi connectivity index (χ3v) is 16.4. The first-order valence-electron chi connectivity index (χ1n) is 27.1. The summed E-state index contributed by atoms with van der Waals surface area (Å²) in [7, 11) is 0. The van der Waals surface area contributed by atoms with Gasteiger partial charge >= 0.3 is 0 Å². The van der Waals surface area contributed by atoms with Gasteiger partial charge in [-0.15, -0.1) is 0 Å². The third kappa shape index (κ3) is 8.02. The molecule has 0 bridgehead atoms.